The average molecular weight is 338 g/mol. The molecule has 0 saturated heterocycles. The number of hydrogen-bond donors (Lipinski definition) is 2. The second-order valence-electron chi connectivity index (χ2n) is 4.38. The van der Waals surface area contributed by atoms with Gasteiger partial charge in [-0.2, -0.15) is 0 Å². The number of carbonyl (C=O) groups is 1. The Bertz CT molecular complexity index is 614. The van der Waals surface area contributed by atoms with Gasteiger partial charge in [0.1, 0.15) is 0 Å². The molecule has 1 amide bonds. The molecule has 6 heteroatoms. The number of nitrogens with two attached hydrogens (primary N) is 1. The first-order valence-corrected chi connectivity index (χ1v) is 7.00. The molecule has 0 radical (unpaired) electrons. The van der Waals surface area contributed by atoms with Crippen LogP contribution in [0.2, 0.25) is 0 Å². The Morgan fingerprint density at radius 1 is 1.55 bits per heavy atom. The lowest BCUT2D eigenvalue weighted by atomic mass is 10.2. The minimum atomic E-state index is -0.271. The van der Waals surface area contributed by atoms with Crippen molar-refractivity contribution in [1.29, 1.82) is 0 Å². The van der Waals surface area contributed by atoms with E-state index in [1.165, 1.54) is 0 Å². The van der Waals surface area contributed by atoms with Crippen LogP contribution >= 0.6 is 15.9 Å². The van der Waals surface area contributed by atoms with Crippen LogP contribution in [0.25, 0.3) is 10.9 Å². The van der Waals surface area contributed by atoms with Gasteiger partial charge < -0.3 is 15.8 Å². The highest BCUT2D eigenvalue weighted by Gasteiger charge is 2.13. The summed E-state index contributed by atoms with van der Waals surface area (Å²) in [6.45, 7) is 0.310. The summed E-state index contributed by atoms with van der Waals surface area (Å²) >= 11 is 3.38. The van der Waals surface area contributed by atoms with Crippen molar-refractivity contribution in [2.24, 2.45) is 5.73 Å². The predicted octanol–water partition coefficient (Wildman–Crippen LogP) is 2.30. The van der Waals surface area contributed by atoms with Gasteiger partial charge in [-0.3, -0.25) is 9.78 Å². The van der Waals surface area contributed by atoms with Crippen molar-refractivity contribution >= 4 is 38.4 Å². The third kappa shape index (κ3) is 3.53. The van der Waals surface area contributed by atoms with Crippen LogP contribution in [0.4, 0.5) is 5.69 Å². The molecule has 20 heavy (non-hydrogen) atoms. The number of aromatic nitrogens is 1. The minimum absolute atomic E-state index is 0.139. The van der Waals surface area contributed by atoms with E-state index in [2.05, 4.69) is 26.2 Å². The number of rotatable bonds is 5. The van der Waals surface area contributed by atoms with E-state index >= 15 is 0 Å². The quantitative estimate of drug-likeness (QED) is 0.877. The Hall–Kier alpha value is -1.50. The van der Waals surface area contributed by atoms with Crippen LogP contribution in [0, 0.1) is 0 Å². The second-order valence-corrected chi connectivity index (χ2v) is 5.29. The first kappa shape index (κ1) is 14.9. The zero-order valence-electron chi connectivity index (χ0n) is 11.1. The maximum atomic E-state index is 12.0. The lowest BCUT2D eigenvalue weighted by molar-refractivity contribution is -0.118. The monoisotopic (exact) mass is 337 g/mol. The fourth-order valence-corrected chi connectivity index (χ4v) is 2.25. The maximum Gasteiger partial charge on any atom is 0.227 e. The summed E-state index contributed by atoms with van der Waals surface area (Å²) in [6.07, 6.45) is 1.66. The number of pyridine rings is 1. The SMILES string of the molecule is COC(CN)CC(=O)Nc1cccc2cc(Br)cnc12. The fraction of sp³-hybridized carbons (Fsp3) is 0.286. The molecule has 3 N–H and O–H groups in total. The van der Waals surface area contributed by atoms with Gasteiger partial charge in [0.25, 0.3) is 0 Å². The van der Waals surface area contributed by atoms with E-state index in [-0.39, 0.29) is 18.4 Å². The highest BCUT2D eigenvalue weighted by atomic mass is 79.9. The van der Waals surface area contributed by atoms with Crippen molar-refractivity contribution in [2.75, 3.05) is 19.0 Å². The van der Waals surface area contributed by atoms with Crippen molar-refractivity contribution in [1.82, 2.24) is 4.98 Å². The summed E-state index contributed by atoms with van der Waals surface area (Å²) in [5.41, 5.74) is 6.95. The fourth-order valence-electron chi connectivity index (χ4n) is 1.91. The topological polar surface area (TPSA) is 77.2 Å². The minimum Gasteiger partial charge on any atom is -0.380 e. The summed E-state index contributed by atoms with van der Waals surface area (Å²) < 4.78 is 6.00. The van der Waals surface area contributed by atoms with E-state index in [0.29, 0.717) is 12.2 Å². The molecule has 0 aliphatic heterocycles. The number of nitrogens with one attached hydrogen (secondary N) is 1. The molecular formula is C14H16BrN3O2. The maximum absolute atomic E-state index is 12.0. The van der Waals surface area contributed by atoms with Crippen LogP contribution in [-0.4, -0.2) is 30.6 Å². The molecule has 0 saturated carbocycles. The Kier molecular flexibility index (Phi) is 5.05. The third-order valence-electron chi connectivity index (χ3n) is 2.96. The number of fused-ring (bicyclic) bond motifs is 1. The molecule has 0 aliphatic carbocycles. The van der Waals surface area contributed by atoms with Gasteiger partial charge in [0.2, 0.25) is 5.91 Å². The number of carbonyl (C=O) groups excluding carboxylic acids is 1. The number of halogens is 1. The van der Waals surface area contributed by atoms with Crippen LogP contribution in [0.5, 0.6) is 0 Å². The van der Waals surface area contributed by atoms with E-state index < -0.39 is 0 Å². The molecule has 0 bridgehead atoms. The van der Waals surface area contributed by atoms with Crippen molar-refractivity contribution in [2.45, 2.75) is 12.5 Å². The molecule has 1 aromatic heterocycles. The zero-order chi connectivity index (χ0) is 14.5. The smallest absolute Gasteiger partial charge is 0.227 e. The second kappa shape index (κ2) is 6.78. The summed E-state index contributed by atoms with van der Waals surface area (Å²) in [5.74, 6) is -0.139. The van der Waals surface area contributed by atoms with E-state index in [1.807, 2.05) is 24.3 Å². The number of nitrogens with zero attached hydrogens (tertiary/aromatic N) is 1. The van der Waals surface area contributed by atoms with Crippen molar-refractivity contribution in [3.8, 4) is 0 Å². The lowest BCUT2D eigenvalue weighted by Crippen LogP contribution is -2.28. The molecule has 0 spiro atoms. The molecule has 0 fully saturated rings. The molecule has 1 atom stereocenters. The highest BCUT2D eigenvalue weighted by Crippen LogP contribution is 2.24. The van der Waals surface area contributed by atoms with Crippen LogP contribution in [0.3, 0.4) is 0 Å². The highest BCUT2D eigenvalue weighted by molar-refractivity contribution is 9.10. The van der Waals surface area contributed by atoms with E-state index in [1.54, 1.807) is 13.3 Å². The molecule has 106 valence electrons. The number of anilines is 1. The summed E-state index contributed by atoms with van der Waals surface area (Å²) in [4.78, 5) is 16.3. The van der Waals surface area contributed by atoms with E-state index in [0.717, 1.165) is 15.4 Å². The molecule has 5 nitrogen and oxygen atoms in total. The predicted molar refractivity (Wildman–Crippen MR) is 82.5 cm³/mol. The van der Waals surface area contributed by atoms with E-state index in [9.17, 15) is 4.79 Å². The van der Waals surface area contributed by atoms with Crippen LogP contribution in [0.15, 0.2) is 34.9 Å². The van der Waals surface area contributed by atoms with Crippen LogP contribution in [-0.2, 0) is 9.53 Å². The number of ether oxygens (including phenoxy) is 1. The van der Waals surface area contributed by atoms with Gasteiger partial charge >= 0.3 is 0 Å². The van der Waals surface area contributed by atoms with Crippen molar-refractivity contribution in [3.63, 3.8) is 0 Å². The summed E-state index contributed by atoms with van der Waals surface area (Å²) in [6, 6.07) is 7.60. The number of hydrogen-bond acceptors (Lipinski definition) is 4. The largest absolute Gasteiger partial charge is 0.380 e. The molecule has 0 aliphatic rings. The van der Waals surface area contributed by atoms with Gasteiger partial charge in [0.15, 0.2) is 0 Å². The van der Waals surface area contributed by atoms with Gasteiger partial charge in [0.05, 0.1) is 23.7 Å². The summed E-state index contributed by atoms with van der Waals surface area (Å²) in [7, 11) is 1.54. The Balaban J connectivity index is 2.19. The molecule has 2 rings (SSSR count). The van der Waals surface area contributed by atoms with Crippen molar-refractivity contribution < 1.29 is 9.53 Å². The third-order valence-corrected chi connectivity index (χ3v) is 3.39. The van der Waals surface area contributed by atoms with Gasteiger partial charge in [0, 0.05) is 29.7 Å². The molecule has 2 aromatic rings. The van der Waals surface area contributed by atoms with Crippen LogP contribution in [0.1, 0.15) is 6.42 Å². The summed E-state index contributed by atoms with van der Waals surface area (Å²) in [5, 5.41) is 3.81. The van der Waals surface area contributed by atoms with E-state index in [4.69, 9.17) is 10.5 Å². The number of para-hydroxylation sites is 1. The molecule has 1 heterocycles. The van der Waals surface area contributed by atoms with Gasteiger partial charge in [-0.25, -0.2) is 0 Å². The Labute approximate surface area is 125 Å². The number of methoxy groups -OCH3 is 1. The van der Waals surface area contributed by atoms with Gasteiger partial charge in [-0.1, -0.05) is 12.1 Å². The van der Waals surface area contributed by atoms with Gasteiger partial charge in [-0.05, 0) is 28.1 Å². The Morgan fingerprint density at radius 3 is 3.05 bits per heavy atom. The molecule has 1 unspecified atom stereocenters. The number of benzene rings is 1. The first-order chi connectivity index (χ1) is 9.63. The average Bonchev–Trinajstić information content (AvgIpc) is 2.44. The standard InChI is InChI=1S/C14H16BrN3O2/c1-20-11(7-16)6-13(19)18-12-4-2-3-9-5-10(15)8-17-14(9)12/h2-5,8,11H,6-7,16H2,1H3,(H,18,19). The number of amides is 1. The molecule has 1 aromatic carbocycles. The lowest BCUT2D eigenvalue weighted by Gasteiger charge is -2.13. The van der Waals surface area contributed by atoms with Crippen LogP contribution < -0.4 is 11.1 Å². The van der Waals surface area contributed by atoms with Gasteiger partial charge in [-0.15, -0.1) is 0 Å². The molecular weight excluding hydrogens is 322 g/mol. The first-order valence-electron chi connectivity index (χ1n) is 6.21. The normalized spacial score (nSPS) is 12.3. The zero-order valence-corrected chi connectivity index (χ0v) is 12.7. The van der Waals surface area contributed by atoms with Crippen molar-refractivity contribution in [3.05, 3.63) is 34.9 Å². The Morgan fingerprint density at radius 2 is 2.35 bits per heavy atom.